The molecule has 1 amide bonds. The highest BCUT2D eigenvalue weighted by molar-refractivity contribution is 7.10. The van der Waals surface area contributed by atoms with Crippen molar-refractivity contribution >= 4 is 39.3 Å². The number of nitrogens with zero attached hydrogens (tertiary/aromatic N) is 3. The minimum absolute atomic E-state index is 0.152. The largest absolute Gasteiger partial charge is 0.466 e. The van der Waals surface area contributed by atoms with E-state index in [0.29, 0.717) is 5.56 Å². The fourth-order valence-corrected chi connectivity index (χ4v) is 2.97. The van der Waals surface area contributed by atoms with Gasteiger partial charge in [0.2, 0.25) is 5.13 Å². The number of methoxy groups -OCH3 is 1. The van der Waals surface area contributed by atoms with E-state index in [1.807, 2.05) is 42.7 Å². The van der Waals surface area contributed by atoms with Gasteiger partial charge in [0.25, 0.3) is 11.7 Å². The zero-order chi connectivity index (χ0) is 17.3. The zero-order valence-corrected chi connectivity index (χ0v) is 14.3. The van der Waals surface area contributed by atoms with Crippen molar-refractivity contribution in [2.45, 2.75) is 19.9 Å². The molecule has 3 aromatic rings. The maximum Gasteiger partial charge on any atom is 0.329 e. The van der Waals surface area contributed by atoms with Crippen molar-refractivity contribution in [1.82, 2.24) is 13.9 Å². The number of ether oxygens (including phenoxy) is 1. The summed E-state index contributed by atoms with van der Waals surface area (Å²) in [5.74, 6) is -1.36. The average Bonchev–Trinajstić information content (AvgIpc) is 3.18. The van der Waals surface area contributed by atoms with Gasteiger partial charge in [-0.1, -0.05) is 18.2 Å². The molecular weight excluding hydrogens is 328 g/mol. The number of aromatic nitrogens is 3. The van der Waals surface area contributed by atoms with Crippen molar-refractivity contribution in [3.8, 4) is 6.01 Å². The number of amides is 1. The molecule has 0 spiro atoms. The molecule has 3 rings (SSSR count). The molecule has 8 heteroatoms. The van der Waals surface area contributed by atoms with E-state index in [0.717, 1.165) is 22.4 Å². The summed E-state index contributed by atoms with van der Waals surface area (Å²) in [6.45, 7) is 4.04. The summed E-state index contributed by atoms with van der Waals surface area (Å²) in [5.41, 5.74) is 1.29. The van der Waals surface area contributed by atoms with Crippen LogP contribution in [0, 0.1) is 0 Å². The van der Waals surface area contributed by atoms with Crippen molar-refractivity contribution in [1.29, 1.82) is 0 Å². The van der Waals surface area contributed by atoms with Crippen LogP contribution in [0.5, 0.6) is 6.01 Å². The van der Waals surface area contributed by atoms with Crippen LogP contribution < -0.4 is 10.1 Å². The first kappa shape index (κ1) is 16.1. The van der Waals surface area contributed by atoms with Crippen molar-refractivity contribution in [2.75, 3.05) is 12.4 Å². The number of rotatable bonds is 5. The molecule has 2 heterocycles. The van der Waals surface area contributed by atoms with E-state index in [4.69, 9.17) is 4.74 Å². The van der Waals surface area contributed by atoms with Gasteiger partial charge in [-0.05, 0) is 19.9 Å². The average molecular weight is 344 g/mol. The topological polar surface area (TPSA) is 86.1 Å². The highest BCUT2D eigenvalue weighted by atomic mass is 32.1. The van der Waals surface area contributed by atoms with Crippen LogP contribution in [0.3, 0.4) is 0 Å². The minimum atomic E-state index is -0.750. The van der Waals surface area contributed by atoms with E-state index in [2.05, 4.69) is 14.7 Å². The van der Waals surface area contributed by atoms with E-state index in [-0.39, 0.29) is 17.2 Å². The smallest absolute Gasteiger partial charge is 0.329 e. The molecule has 0 unspecified atom stereocenters. The van der Waals surface area contributed by atoms with Gasteiger partial charge < -0.3 is 9.30 Å². The molecule has 124 valence electrons. The van der Waals surface area contributed by atoms with Gasteiger partial charge in [-0.25, -0.2) is 0 Å². The zero-order valence-electron chi connectivity index (χ0n) is 13.4. The second kappa shape index (κ2) is 6.40. The number of benzene rings is 1. The van der Waals surface area contributed by atoms with Crippen molar-refractivity contribution in [3.63, 3.8) is 0 Å². The van der Waals surface area contributed by atoms with Gasteiger partial charge >= 0.3 is 6.01 Å². The maximum absolute atomic E-state index is 12.6. The number of ketones is 1. The second-order valence-corrected chi connectivity index (χ2v) is 6.18. The Morgan fingerprint density at radius 1 is 1.29 bits per heavy atom. The Kier molecular flexibility index (Phi) is 4.30. The fraction of sp³-hybridized carbons (Fsp3) is 0.250. The van der Waals surface area contributed by atoms with Crippen molar-refractivity contribution < 1.29 is 14.3 Å². The molecule has 0 aliphatic carbocycles. The number of carbonyl (C=O) groups excluding carboxylic acids is 2. The summed E-state index contributed by atoms with van der Waals surface area (Å²) in [4.78, 5) is 28.8. The standard InChI is InChI=1S/C16H16N4O3S/c1-9(2)20-8-11(10-6-4-5-7-12(10)20)13(21)14(22)17-16-18-15(23-3)19-24-16/h4-9H,1-3H3,(H,17,18,19,22). The number of carbonyl (C=O) groups is 2. The van der Waals surface area contributed by atoms with Gasteiger partial charge in [-0.15, -0.1) is 4.37 Å². The molecular formula is C16H16N4O3S. The van der Waals surface area contributed by atoms with Crippen LogP contribution in [-0.4, -0.2) is 32.7 Å². The Morgan fingerprint density at radius 3 is 2.71 bits per heavy atom. The minimum Gasteiger partial charge on any atom is -0.466 e. The molecule has 0 saturated heterocycles. The molecule has 1 aromatic carbocycles. The Labute approximate surface area is 142 Å². The van der Waals surface area contributed by atoms with Crippen LogP contribution >= 0.6 is 11.5 Å². The third-order valence-electron chi connectivity index (χ3n) is 3.56. The highest BCUT2D eigenvalue weighted by Gasteiger charge is 2.23. The lowest BCUT2D eigenvalue weighted by Crippen LogP contribution is -2.22. The highest BCUT2D eigenvalue weighted by Crippen LogP contribution is 2.25. The Morgan fingerprint density at radius 2 is 2.04 bits per heavy atom. The molecule has 0 saturated carbocycles. The first-order chi connectivity index (χ1) is 11.5. The molecule has 0 aliphatic heterocycles. The summed E-state index contributed by atoms with van der Waals surface area (Å²) < 4.78 is 10.7. The molecule has 2 aromatic heterocycles. The van der Waals surface area contributed by atoms with Crippen LogP contribution in [0.15, 0.2) is 30.5 Å². The van der Waals surface area contributed by atoms with Crippen LogP contribution in [0.2, 0.25) is 0 Å². The van der Waals surface area contributed by atoms with Crippen molar-refractivity contribution in [3.05, 3.63) is 36.0 Å². The first-order valence-corrected chi connectivity index (χ1v) is 8.11. The molecule has 0 radical (unpaired) electrons. The van der Waals surface area contributed by atoms with Crippen LogP contribution in [0.25, 0.3) is 10.9 Å². The predicted octanol–water partition coefficient (Wildman–Crippen LogP) is 2.90. The summed E-state index contributed by atoms with van der Waals surface area (Å²) >= 11 is 0.953. The van der Waals surface area contributed by atoms with Gasteiger partial charge in [0, 0.05) is 34.7 Å². The van der Waals surface area contributed by atoms with Gasteiger partial charge in [0.05, 0.1) is 12.7 Å². The Balaban J connectivity index is 1.92. The van der Waals surface area contributed by atoms with E-state index < -0.39 is 11.7 Å². The van der Waals surface area contributed by atoms with Crippen molar-refractivity contribution in [2.24, 2.45) is 0 Å². The molecule has 0 atom stereocenters. The predicted molar refractivity (Wildman–Crippen MR) is 91.7 cm³/mol. The number of fused-ring (bicyclic) bond motifs is 1. The number of Topliss-reactive ketones (excluding diaryl/α,β-unsaturated/α-hetero) is 1. The summed E-state index contributed by atoms with van der Waals surface area (Å²) in [7, 11) is 1.43. The lowest BCUT2D eigenvalue weighted by atomic mass is 10.1. The third kappa shape index (κ3) is 2.88. The fourth-order valence-electron chi connectivity index (χ4n) is 2.43. The quantitative estimate of drug-likeness (QED) is 0.568. The number of anilines is 1. The maximum atomic E-state index is 12.6. The summed E-state index contributed by atoms with van der Waals surface area (Å²) in [5, 5.41) is 3.44. The Hall–Kier alpha value is -2.74. The summed E-state index contributed by atoms with van der Waals surface area (Å²) in [6.07, 6.45) is 1.72. The van der Waals surface area contributed by atoms with E-state index in [1.54, 1.807) is 6.20 Å². The molecule has 0 aliphatic rings. The third-order valence-corrected chi connectivity index (χ3v) is 4.17. The normalized spacial score (nSPS) is 11.0. The molecule has 1 N–H and O–H groups in total. The number of hydrogen-bond donors (Lipinski definition) is 1. The van der Waals surface area contributed by atoms with Gasteiger partial charge in [-0.3, -0.25) is 14.9 Å². The monoisotopic (exact) mass is 344 g/mol. The van der Waals surface area contributed by atoms with Gasteiger partial charge in [-0.2, -0.15) is 4.98 Å². The molecule has 0 bridgehead atoms. The molecule has 7 nitrogen and oxygen atoms in total. The lowest BCUT2D eigenvalue weighted by molar-refractivity contribution is -0.112. The number of hydrogen-bond acceptors (Lipinski definition) is 6. The Bertz CT molecular complexity index is 913. The van der Waals surface area contributed by atoms with Crippen LogP contribution in [-0.2, 0) is 4.79 Å². The number of nitrogens with one attached hydrogen (secondary N) is 1. The van der Waals surface area contributed by atoms with Gasteiger partial charge in [0.15, 0.2) is 0 Å². The molecule has 24 heavy (non-hydrogen) atoms. The first-order valence-electron chi connectivity index (χ1n) is 7.34. The SMILES string of the molecule is COc1nsc(NC(=O)C(=O)c2cn(C(C)C)c3ccccc23)n1. The van der Waals surface area contributed by atoms with E-state index >= 15 is 0 Å². The van der Waals surface area contributed by atoms with Gasteiger partial charge in [0.1, 0.15) is 0 Å². The van der Waals surface area contributed by atoms with E-state index in [1.165, 1.54) is 7.11 Å². The van der Waals surface area contributed by atoms with E-state index in [9.17, 15) is 9.59 Å². The summed E-state index contributed by atoms with van der Waals surface area (Å²) in [6, 6.07) is 7.84. The lowest BCUT2D eigenvalue weighted by Gasteiger charge is -2.08. The second-order valence-electron chi connectivity index (χ2n) is 5.43. The van der Waals surface area contributed by atoms with Crippen LogP contribution in [0.1, 0.15) is 30.2 Å². The molecule has 0 fully saturated rings. The number of para-hydroxylation sites is 1. The van der Waals surface area contributed by atoms with Crippen LogP contribution in [0.4, 0.5) is 5.13 Å².